The van der Waals surface area contributed by atoms with Gasteiger partial charge >= 0.3 is 0 Å². The number of hydrogen-bond acceptors (Lipinski definition) is 2. The van der Waals surface area contributed by atoms with Gasteiger partial charge in [-0.05, 0) is 56.5 Å². The molecule has 2 aromatic rings. The van der Waals surface area contributed by atoms with Crippen LogP contribution >= 0.6 is 23.4 Å². The Morgan fingerprint density at radius 1 is 1.13 bits per heavy atom. The van der Waals surface area contributed by atoms with Gasteiger partial charge in [-0.15, -0.1) is 11.8 Å². The van der Waals surface area contributed by atoms with Gasteiger partial charge in [0.05, 0.1) is 5.25 Å². The number of carbonyl (C=O) groups excluding carboxylic acids is 1. The van der Waals surface area contributed by atoms with Crippen LogP contribution in [0.15, 0.2) is 53.4 Å². The predicted molar refractivity (Wildman–Crippen MR) is 99.3 cm³/mol. The maximum absolute atomic E-state index is 12.1. The van der Waals surface area contributed by atoms with E-state index in [-0.39, 0.29) is 11.2 Å². The van der Waals surface area contributed by atoms with Crippen LogP contribution in [-0.4, -0.2) is 17.7 Å². The Morgan fingerprint density at radius 3 is 2.43 bits per heavy atom. The summed E-state index contributed by atoms with van der Waals surface area (Å²) >= 11 is 7.45. The maximum atomic E-state index is 12.1. The number of benzene rings is 2. The number of hydrogen-bond donors (Lipinski definition) is 1. The molecule has 0 aliphatic carbocycles. The number of aryl methyl sites for hydroxylation is 2. The molecule has 0 unspecified atom stereocenters. The van der Waals surface area contributed by atoms with Crippen molar-refractivity contribution in [3.63, 3.8) is 0 Å². The van der Waals surface area contributed by atoms with Gasteiger partial charge in [0, 0.05) is 16.5 Å². The van der Waals surface area contributed by atoms with Gasteiger partial charge in [-0.2, -0.15) is 0 Å². The molecule has 0 fully saturated rings. The lowest BCUT2D eigenvalue weighted by molar-refractivity contribution is -0.120. The zero-order chi connectivity index (χ0) is 16.7. The van der Waals surface area contributed by atoms with Gasteiger partial charge in [0.2, 0.25) is 5.91 Å². The molecule has 0 radical (unpaired) electrons. The molecule has 0 bridgehead atoms. The van der Waals surface area contributed by atoms with E-state index in [9.17, 15) is 4.79 Å². The smallest absolute Gasteiger partial charge is 0.233 e. The molecule has 1 atom stereocenters. The highest BCUT2D eigenvalue weighted by molar-refractivity contribution is 8.00. The molecule has 4 heteroatoms. The molecular formula is C19H22ClNOS. The average molecular weight is 348 g/mol. The summed E-state index contributed by atoms with van der Waals surface area (Å²) in [5.41, 5.74) is 2.47. The molecule has 1 N–H and O–H groups in total. The van der Waals surface area contributed by atoms with Crippen LogP contribution in [0.25, 0.3) is 0 Å². The molecule has 122 valence electrons. The number of carbonyl (C=O) groups is 1. The Hall–Kier alpha value is -1.45. The lowest BCUT2D eigenvalue weighted by Gasteiger charge is -2.12. The van der Waals surface area contributed by atoms with E-state index in [4.69, 9.17) is 11.6 Å². The number of thioether (sulfide) groups is 1. The van der Waals surface area contributed by atoms with Crippen LogP contribution in [0.4, 0.5) is 0 Å². The highest BCUT2D eigenvalue weighted by atomic mass is 35.5. The predicted octanol–water partition coefficient (Wildman–Crippen LogP) is 4.88. The molecule has 0 saturated heterocycles. The summed E-state index contributed by atoms with van der Waals surface area (Å²) in [5, 5.41) is 3.67. The van der Waals surface area contributed by atoms with Gasteiger partial charge < -0.3 is 5.32 Å². The molecule has 2 rings (SSSR count). The molecule has 0 saturated carbocycles. The van der Waals surface area contributed by atoms with E-state index in [2.05, 4.69) is 36.5 Å². The van der Waals surface area contributed by atoms with Gasteiger partial charge in [-0.3, -0.25) is 4.79 Å². The lowest BCUT2D eigenvalue weighted by atomic mass is 10.1. The third kappa shape index (κ3) is 6.28. The van der Waals surface area contributed by atoms with E-state index in [0.717, 1.165) is 22.8 Å². The van der Waals surface area contributed by atoms with Gasteiger partial charge in [0.25, 0.3) is 0 Å². The first-order valence-corrected chi connectivity index (χ1v) is 9.06. The van der Waals surface area contributed by atoms with Gasteiger partial charge in [-0.25, -0.2) is 0 Å². The summed E-state index contributed by atoms with van der Waals surface area (Å²) in [7, 11) is 0. The monoisotopic (exact) mass is 347 g/mol. The largest absolute Gasteiger partial charge is 0.355 e. The summed E-state index contributed by atoms with van der Waals surface area (Å²) < 4.78 is 0. The first-order chi connectivity index (χ1) is 11.0. The van der Waals surface area contributed by atoms with Crippen molar-refractivity contribution in [1.29, 1.82) is 0 Å². The second-order valence-electron chi connectivity index (χ2n) is 5.59. The molecule has 0 aliphatic heterocycles. The van der Waals surface area contributed by atoms with Crippen molar-refractivity contribution in [1.82, 2.24) is 5.32 Å². The number of halogens is 1. The van der Waals surface area contributed by atoms with E-state index < -0.39 is 0 Å². The van der Waals surface area contributed by atoms with Crippen LogP contribution in [0, 0.1) is 6.92 Å². The number of rotatable bonds is 7. The Bertz CT molecular complexity index is 625. The fourth-order valence-electron chi connectivity index (χ4n) is 2.17. The SMILES string of the molecule is Cc1ccc(S[C@H](C)C(=O)NCCCc2ccc(Cl)cc2)cc1. The summed E-state index contributed by atoms with van der Waals surface area (Å²) in [5.74, 6) is 0.0895. The highest BCUT2D eigenvalue weighted by Gasteiger charge is 2.13. The van der Waals surface area contributed by atoms with Crippen molar-refractivity contribution in [3.05, 3.63) is 64.7 Å². The maximum Gasteiger partial charge on any atom is 0.233 e. The minimum Gasteiger partial charge on any atom is -0.355 e. The van der Waals surface area contributed by atoms with Crippen molar-refractivity contribution in [3.8, 4) is 0 Å². The summed E-state index contributed by atoms with van der Waals surface area (Å²) in [4.78, 5) is 13.2. The van der Waals surface area contributed by atoms with E-state index in [0.29, 0.717) is 6.54 Å². The Labute approximate surface area is 147 Å². The minimum atomic E-state index is -0.0896. The van der Waals surface area contributed by atoms with Crippen molar-refractivity contribution < 1.29 is 4.79 Å². The fraction of sp³-hybridized carbons (Fsp3) is 0.316. The van der Waals surface area contributed by atoms with Crippen LogP contribution in [0.5, 0.6) is 0 Å². The number of nitrogens with one attached hydrogen (secondary N) is 1. The van der Waals surface area contributed by atoms with Crippen LogP contribution in [0.2, 0.25) is 5.02 Å². The van der Waals surface area contributed by atoms with E-state index in [1.807, 2.05) is 31.2 Å². The first-order valence-electron chi connectivity index (χ1n) is 7.80. The lowest BCUT2D eigenvalue weighted by Crippen LogP contribution is -2.31. The van der Waals surface area contributed by atoms with Gasteiger partial charge in [0.1, 0.15) is 0 Å². The van der Waals surface area contributed by atoms with Crippen LogP contribution < -0.4 is 5.32 Å². The zero-order valence-electron chi connectivity index (χ0n) is 13.5. The quantitative estimate of drug-likeness (QED) is 0.571. The first kappa shape index (κ1) is 17.9. The van der Waals surface area contributed by atoms with E-state index in [1.54, 1.807) is 11.8 Å². The standard InChI is InChI=1S/C19H22ClNOS/c1-14-5-11-18(12-6-14)23-15(2)19(22)21-13-3-4-16-7-9-17(20)10-8-16/h5-12,15H,3-4,13H2,1-2H3,(H,21,22)/t15-/m1/s1. The normalized spacial score (nSPS) is 12.0. The van der Waals surface area contributed by atoms with Gasteiger partial charge in [0.15, 0.2) is 0 Å². The van der Waals surface area contributed by atoms with Crippen LogP contribution in [-0.2, 0) is 11.2 Å². The summed E-state index contributed by atoms with van der Waals surface area (Å²) in [6, 6.07) is 16.1. The van der Waals surface area contributed by atoms with E-state index >= 15 is 0 Å². The Balaban J connectivity index is 1.69. The number of amides is 1. The second-order valence-corrected chi connectivity index (χ2v) is 7.44. The molecular weight excluding hydrogens is 326 g/mol. The van der Waals surface area contributed by atoms with E-state index in [1.165, 1.54) is 11.1 Å². The van der Waals surface area contributed by atoms with Crippen molar-refractivity contribution in [2.45, 2.75) is 36.8 Å². The fourth-order valence-corrected chi connectivity index (χ4v) is 3.19. The summed E-state index contributed by atoms with van der Waals surface area (Å²) in [6.07, 6.45) is 1.87. The second kappa shape index (κ2) is 8.99. The third-order valence-corrected chi connectivity index (χ3v) is 4.92. The highest BCUT2D eigenvalue weighted by Crippen LogP contribution is 2.23. The van der Waals surface area contributed by atoms with Crippen molar-refractivity contribution >= 4 is 29.3 Å². The zero-order valence-corrected chi connectivity index (χ0v) is 15.1. The Kier molecular flexibility index (Phi) is 7.00. The van der Waals surface area contributed by atoms with Crippen LogP contribution in [0.3, 0.4) is 0 Å². The van der Waals surface area contributed by atoms with Crippen molar-refractivity contribution in [2.24, 2.45) is 0 Å². The Morgan fingerprint density at radius 2 is 1.78 bits per heavy atom. The van der Waals surface area contributed by atoms with Crippen molar-refractivity contribution in [2.75, 3.05) is 6.54 Å². The molecule has 0 spiro atoms. The molecule has 0 aromatic heterocycles. The topological polar surface area (TPSA) is 29.1 Å². The molecule has 2 nitrogen and oxygen atoms in total. The molecule has 23 heavy (non-hydrogen) atoms. The minimum absolute atomic E-state index is 0.0895. The molecule has 2 aromatic carbocycles. The molecule has 0 heterocycles. The van der Waals surface area contributed by atoms with Gasteiger partial charge in [-0.1, -0.05) is 41.4 Å². The average Bonchev–Trinajstić information content (AvgIpc) is 2.55. The molecule has 1 amide bonds. The van der Waals surface area contributed by atoms with Crippen LogP contribution in [0.1, 0.15) is 24.5 Å². The molecule has 0 aliphatic rings. The third-order valence-electron chi connectivity index (χ3n) is 3.56. The summed E-state index contributed by atoms with van der Waals surface area (Å²) in [6.45, 7) is 4.70.